The summed E-state index contributed by atoms with van der Waals surface area (Å²) < 4.78 is 22.4. The van der Waals surface area contributed by atoms with Gasteiger partial charge in [-0.1, -0.05) is 12.1 Å². The fourth-order valence-corrected chi connectivity index (χ4v) is 1.74. The normalized spacial score (nSPS) is 22.2. The fraction of sp³-hybridized carbons (Fsp3) is 0.273. The highest BCUT2D eigenvalue weighted by molar-refractivity contribution is 5.71. The molecule has 0 spiro atoms. The molecule has 0 aliphatic carbocycles. The zero-order valence-corrected chi connectivity index (χ0v) is 9.31. The molecular weight excluding hydrogens is 243 g/mol. The SMILES string of the molecule is NC(=O)OCC1(c2ccc(F)cc2)COC(=O)N1. The van der Waals surface area contributed by atoms with E-state index in [0.717, 1.165) is 0 Å². The Hall–Kier alpha value is -2.31. The van der Waals surface area contributed by atoms with Crippen LogP contribution in [0.5, 0.6) is 0 Å². The summed E-state index contributed by atoms with van der Waals surface area (Å²) in [6.45, 7) is -0.204. The molecule has 1 aromatic carbocycles. The number of nitrogens with one attached hydrogen (secondary N) is 1. The summed E-state index contributed by atoms with van der Waals surface area (Å²) in [5.41, 5.74) is 4.43. The van der Waals surface area contributed by atoms with Gasteiger partial charge in [0.05, 0.1) is 0 Å². The summed E-state index contributed by atoms with van der Waals surface area (Å²) in [6.07, 6.45) is -1.59. The van der Waals surface area contributed by atoms with Gasteiger partial charge in [0, 0.05) is 0 Å². The number of benzene rings is 1. The molecule has 0 radical (unpaired) electrons. The number of primary amides is 1. The Balaban J connectivity index is 2.27. The second-order valence-electron chi connectivity index (χ2n) is 3.90. The summed E-state index contributed by atoms with van der Waals surface area (Å²) in [6, 6.07) is 5.45. The van der Waals surface area contributed by atoms with Crippen molar-refractivity contribution in [2.75, 3.05) is 13.2 Å². The topological polar surface area (TPSA) is 90.7 Å². The molecule has 1 unspecified atom stereocenters. The van der Waals surface area contributed by atoms with Crippen molar-refractivity contribution in [3.8, 4) is 0 Å². The van der Waals surface area contributed by atoms with Crippen molar-refractivity contribution in [1.29, 1.82) is 0 Å². The Morgan fingerprint density at radius 2 is 2.17 bits per heavy atom. The second kappa shape index (κ2) is 4.52. The molecular formula is C11H11FN2O4. The first-order valence-electron chi connectivity index (χ1n) is 5.15. The number of carbonyl (C=O) groups excluding carboxylic acids is 2. The Kier molecular flexibility index (Phi) is 3.05. The van der Waals surface area contributed by atoms with Gasteiger partial charge in [-0.25, -0.2) is 14.0 Å². The molecule has 6 nitrogen and oxygen atoms in total. The van der Waals surface area contributed by atoms with Crippen LogP contribution in [0, 0.1) is 5.82 Å². The van der Waals surface area contributed by atoms with Crippen LogP contribution < -0.4 is 11.1 Å². The van der Waals surface area contributed by atoms with Gasteiger partial charge in [-0.3, -0.25) is 0 Å². The third kappa shape index (κ3) is 2.34. The van der Waals surface area contributed by atoms with Crippen LogP contribution in [0.25, 0.3) is 0 Å². The zero-order chi connectivity index (χ0) is 13.2. The zero-order valence-electron chi connectivity index (χ0n) is 9.31. The van der Waals surface area contributed by atoms with E-state index in [0.29, 0.717) is 5.56 Å². The third-order valence-corrected chi connectivity index (χ3v) is 2.65. The minimum Gasteiger partial charge on any atom is -0.447 e. The fourth-order valence-electron chi connectivity index (χ4n) is 1.74. The first kappa shape index (κ1) is 12.2. The summed E-state index contributed by atoms with van der Waals surface area (Å²) in [7, 11) is 0. The van der Waals surface area contributed by atoms with Gasteiger partial charge >= 0.3 is 12.2 Å². The van der Waals surface area contributed by atoms with Crippen LogP contribution in [0.1, 0.15) is 5.56 Å². The molecule has 1 atom stereocenters. The highest BCUT2D eigenvalue weighted by Crippen LogP contribution is 2.26. The highest BCUT2D eigenvalue weighted by Gasteiger charge is 2.42. The Bertz CT molecular complexity index is 476. The predicted molar refractivity (Wildman–Crippen MR) is 58.1 cm³/mol. The molecule has 0 saturated carbocycles. The van der Waals surface area contributed by atoms with Crippen LogP contribution in [-0.2, 0) is 15.0 Å². The minimum absolute atomic E-state index is 0.0231. The number of hydrogen-bond acceptors (Lipinski definition) is 4. The highest BCUT2D eigenvalue weighted by atomic mass is 19.1. The van der Waals surface area contributed by atoms with Crippen molar-refractivity contribution >= 4 is 12.2 Å². The molecule has 1 saturated heterocycles. The molecule has 3 N–H and O–H groups in total. The third-order valence-electron chi connectivity index (χ3n) is 2.65. The van der Waals surface area contributed by atoms with Gasteiger partial charge in [-0.05, 0) is 17.7 Å². The lowest BCUT2D eigenvalue weighted by Crippen LogP contribution is -2.45. The van der Waals surface area contributed by atoms with Gasteiger partial charge in [0.2, 0.25) is 0 Å². The molecule has 2 amide bonds. The number of alkyl carbamates (subject to hydrolysis) is 1. The van der Waals surface area contributed by atoms with Crippen molar-refractivity contribution in [2.24, 2.45) is 5.73 Å². The van der Waals surface area contributed by atoms with Gasteiger partial charge in [-0.2, -0.15) is 0 Å². The van der Waals surface area contributed by atoms with Crippen molar-refractivity contribution in [2.45, 2.75) is 5.54 Å². The molecule has 96 valence electrons. The summed E-state index contributed by atoms with van der Waals surface area (Å²) >= 11 is 0. The van der Waals surface area contributed by atoms with Crippen molar-refractivity contribution < 1.29 is 23.5 Å². The van der Waals surface area contributed by atoms with E-state index >= 15 is 0 Å². The van der Waals surface area contributed by atoms with Crippen LogP contribution in [0.4, 0.5) is 14.0 Å². The van der Waals surface area contributed by atoms with E-state index in [9.17, 15) is 14.0 Å². The van der Waals surface area contributed by atoms with Crippen LogP contribution in [0.2, 0.25) is 0 Å². The van der Waals surface area contributed by atoms with E-state index in [2.05, 4.69) is 5.32 Å². The largest absolute Gasteiger partial charge is 0.447 e. The number of halogens is 1. The lowest BCUT2D eigenvalue weighted by Gasteiger charge is -2.26. The standard InChI is InChI=1S/C11H11FN2O4/c12-8-3-1-7(2-4-8)11(5-17-9(13)15)6-18-10(16)14-11/h1-4H,5-6H2,(H2,13,15)(H,14,16). The van der Waals surface area contributed by atoms with Crippen LogP contribution in [0.15, 0.2) is 24.3 Å². The molecule has 0 bridgehead atoms. The lowest BCUT2D eigenvalue weighted by molar-refractivity contribution is 0.108. The first-order valence-corrected chi connectivity index (χ1v) is 5.15. The molecule has 7 heteroatoms. The Morgan fingerprint density at radius 1 is 1.50 bits per heavy atom. The maximum absolute atomic E-state index is 12.9. The lowest BCUT2D eigenvalue weighted by atomic mass is 9.92. The number of nitrogens with two attached hydrogens (primary N) is 1. The number of carbonyl (C=O) groups is 2. The van der Waals surface area contributed by atoms with Gasteiger partial charge in [-0.15, -0.1) is 0 Å². The van der Waals surface area contributed by atoms with Gasteiger partial charge < -0.3 is 20.5 Å². The Morgan fingerprint density at radius 3 is 2.67 bits per heavy atom. The van der Waals surface area contributed by atoms with E-state index in [-0.39, 0.29) is 13.2 Å². The van der Waals surface area contributed by atoms with Gasteiger partial charge in [0.1, 0.15) is 24.6 Å². The minimum atomic E-state index is -1.03. The maximum Gasteiger partial charge on any atom is 0.408 e. The summed E-state index contributed by atoms with van der Waals surface area (Å²) in [5.74, 6) is -0.407. The predicted octanol–water partition coefficient (Wildman–Crippen LogP) is 0.856. The molecule has 1 aliphatic heterocycles. The molecule has 1 heterocycles. The molecule has 1 aromatic rings. The smallest absolute Gasteiger partial charge is 0.408 e. The molecule has 1 fully saturated rings. The van der Waals surface area contributed by atoms with Crippen molar-refractivity contribution in [3.05, 3.63) is 35.6 Å². The number of cyclic esters (lactones) is 1. The molecule has 0 aromatic heterocycles. The molecule has 18 heavy (non-hydrogen) atoms. The number of ether oxygens (including phenoxy) is 2. The van der Waals surface area contributed by atoms with Crippen molar-refractivity contribution in [1.82, 2.24) is 5.32 Å². The van der Waals surface area contributed by atoms with E-state index in [1.54, 1.807) is 0 Å². The Labute approximate surface area is 102 Å². The summed E-state index contributed by atoms with van der Waals surface area (Å²) in [5, 5.41) is 2.54. The van der Waals surface area contributed by atoms with Gasteiger partial charge in [0.25, 0.3) is 0 Å². The molecule has 2 rings (SSSR count). The van der Waals surface area contributed by atoms with Crippen LogP contribution in [0.3, 0.4) is 0 Å². The number of rotatable bonds is 3. The average molecular weight is 254 g/mol. The summed E-state index contributed by atoms with van der Waals surface area (Å²) in [4.78, 5) is 21.8. The van der Waals surface area contributed by atoms with Gasteiger partial charge in [0.15, 0.2) is 0 Å². The van der Waals surface area contributed by atoms with Crippen LogP contribution in [-0.4, -0.2) is 25.4 Å². The average Bonchev–Trinajstić information content (AvgIpc) is 2.71. The first-order chi connectivity index (χ1) is 8.52. The van der Waals surface area contributed by atoms with Crippen molar-refractivity contribution in [3.63, 3.8) is 0 Å². The van der Waals surface area contributed by atoms with E-state index < -0.39 is 23.5 Å². The monoisotopic (exact) mass is 254 g/mol. The van der Waals surface area contributed by atoms with E-state index in [1.807, 2.05) is 0 Å². The second-order valence-corrected chi connectivity index (χ2v) is 3.90. The maximum atomic E-state index is 12.9. The van der Waals surface area contributed by atoms with Crippen LogP contribution >= 0.6 is 0 Å². The quantitative estimate of drug-likeness (QED) is 0.836. The number of amides is 2. The van der Waals surface area contributed by atoms with E-state index in [1.165, 1.54) is 24.3 Å². The molecule has 1 aliphatic rings. The number of hydrogen-bond donors (Lipinski definition) is 2. The van der Waals surface area contributed by atoms with E-state index in [4.69, 9.17) is 15.2 Å².